The molecule has 0 radical (unpaired) electrons. The molecule has 184 valence electrons. The summed E-state index contributed by atoms with van der Waals surface area (Å²) in [5.41, 5.74) is -0.268. The fourth-order valence-electron chi connectivity index (χ4n) is 4.25. The number of hydrogen-bond donors (Lipinski definition) is 0. The van der Waals surface area contributed by atoms with Gasteiger partial charge in [0.05, 0.1) is 30.1 Å². The van der Waals surface area contributed by atoms with Gasteiger partial charge < -0.3 is 4.43 Å². The number of amides is 1. The molecule has 0 bridgehead atoms. The van der Waals surface area contributed by atoms with E-state index in [0.717, 1.165) is 25.2 Å². The van der Waals surface area contributed by atoms with E-state index in [4.69, 9.17) is 16.0 Å². The molecule has 1 fully saturated rings. The molecular formula is C22H27ClF3N5O2Si. The van der Waals surface area contributed by atoms with Crippen molar-refractivity contribution < 1.29 is 22.4 Å². The number of carbonyl (C=O) groups is 1. The summed E-state index contributed by atoms with van der Waals surface area (Å²) in [6.45, 7) is 10.7. The van der Waals surface area contributed by atoms with Gasteiger partial charge in [-0.3, -0.25) is 9.69 Å². The molecule has 1 saturated carbocycles. The predicted molar refractivity (Wildman–Crippen MR) is 123 cm³/mol. The maximum Gasteiger partial charge on any atom is 0.451 e. The van der Waals surface area contributed by atoms with Crippen molar-refractivity contribution in [3.63, 3.8) is 0 Å². The predicted octanol–water partition coefficient (Wildman–Crippen LogP) is 5.95. The van der Waals surface area contributed by atoms with Crippen LogP contribution in [0.3, 0.4) is 0 Å². The highest BCUT2D eigenvalue weighted by Gasteiger charge is 2.55. The summed E-state index contributed by atoms with van der Waals surface area (Å²) in [5.74, 6) is -0.983. The molecule has 0 N–H and O–H groups in total. The van der Waals surface area contributed by atoms with E-state index in [-0.39, 0.29) is 34.2 Å². The molecule has 0 saturated heterocycles. The van der Waals surface area contributed by atoms with Crippen LogP contribution in [0.2, 0.25) is 23.3 Å². The minimum absolute atomic E-state index is 0.0268. The maximum atomic E-state index is 13.7. The van der Waals surface area contributed by atoms with Crippen molar-refractivity contribution >= 4 is 37.3 Å². The number of nitrogens with zero attached hydrogens (tertiary/aromatic N) is 5. The lowest BCUT2D eigenvalue weighted by Gasteiger charge is -2.35. The first-order valence-electron chi connectivity index (χ1n) is 11.1. The molecule has 2 aliphatic rings. The van der Waals surface area contributed by atoms with Crippen molar-refractivity contribution in [1.82, 2.24) is 19.9 Å². The first-order valence-corrected chi connectivity index (χ1v) is 14.4. The van der Waals surface area contributed by atoms with Crippen LogP contribution in [0.15, 0.2) is 12.4 Å². The van der Waals surface area contributed by atoms with Crippen LogP contribution < -0.4 is 4.90 Å². The smallest absolute Gasteiger partial charge is 0.409 e. The van der Waals surface area contributed by atoms with Crippen LogP contribution >= 0.6 is 11.6 Å². The Morgan fingerprint density at radius 3 is 2.24 bits per heavy atom. The zero-order valence-corrected chi connectivity index (χ0v) is 21.5. The van der Waals surface area contributed by atoms with Crippen molar-refractivity contribution in [3.05, 3.63) is 34.8 Å². The van der Waals surface area contributed by atoms with Gasteiger partial charge in [-0.2, -0.15) is 13.2 Å². The van der Waals surface area contributed by atoms with E-state index in [2.05, 4.69) is 53.8 Å². The van der Waals surface area contributed by atoms with Crippen LogP contribution in [0.5, 0.6) is 0 Å². The van der Waals surface area contributed by atoms with Gasteiger partial charge in [0.2, 0.25) is 11.7 Å². The summed E-state index contributed by atoms with van der Waals surface area (Å²) in [7, 11) is -2.11. The van der Waals surface area contributed by atoms with Crippen LogP contribution in [0.4, 0.5) is 24.7 Å². The second kappa shape index (κ2) is 8.23. The van der Waals surface area contributed by atoms with Crippen LogP contribution in [0, 0.1) is 0 Å². The number of aromatic nitrogens is 4. The Bertz CT molecular complexity index is 1110. The Balaban J connectivity index is 1.77. The molecule has 0 atom stereocenters. The fraction of sp³-hybridized carbons (Fsp3) is 0.591. The molecule has 1 spiro atoms. The molecule has 0 aromatic carbocycles. The van der Waals surface area contributed by atoms with E-state index in [9.17, 15) is 18.0 Å². The molecule has 3 heterocycles. The summed E-state index contributed by atoms with van der Waals surface area (Å²) in [5, 5.41) is 0.144. The highest BCUT2D eigenvalue weighted by Crippen LogP contribution is 2.54. The third kappa shape index (κ3) is 4.11. The topological polar surface area (TPSA) is 81.1 Å². The van der Waals surface area contributed by atoms with Crippen LogP contribution in [-0.2, 0) is 27.4 Å². The highest BCUT2D eigenvalue weighted by molar-refractivity contribution is 6.74. The number of carbonyl (C=O) groups excluding carboxylic acids is 1. The first kappa shape index (κ1) is 25.0. The Morgan fingerprint density at radius 2 is 1.71 bits per heavy atom. The number of rotatable bonds is 4. The van der Waals surface area contributed by atoms with Gasteiger partial charge in [0, 0.05) is 5.56 Å². The lowest BCUT2D eigenvalue weighted by atomic mass is 9.81. The maximum absolute atomic E-state index is 13.7. The standard InChI is InChI=1S/C22H27ClF3N5O2Si/c1-20(2,3)34(4,5)33-12-14-29-16(23)15-17(30-14)31(19(32)21(15)8-6-7-9-21)13-10-27-18(28-11-13)22(24,25)26/h10-11H,6-9,12H2,1-5H3. The SMILES string of the molecule is CC(C)(C)[Si](C)(C)OCc1nc(Cl)c2c(n1)N(c1cnc(C(F)(F)F)nc1)C(=O)C21CCCC1. The summed E-state index contributed by atoms with van der Waals surface area (Å²) < 4.78 is 45.1. The average Bonchev–Trinajstić information content (AvgIpc) is 3.30. The second-order valence-electron chi connectivity index (χ2n) is 10.4. The Kier molecular flexibility index (Phi) is 6.05. The van der Waals surface area contributed by atoms with E-state index in [1.165, 1.54) is 4.90 Å². The molecule has 7 nitrogen and oxygen atoms in total. The van der Waals surface area contributed by atoms with Crippen LogP contribution in [0.25, 0.3) is 0 Å². The zero-order valence-electron chi connectivity index (χ0n) is 19.8. The lowest BCUT2D eigenvalue weighted by Crippen LogP contribution is -2.40. The molecule has 1 aliphatic carbocycles. The first-order chi connectivity index (χ1) is 15.7. The molecule has 2 aromatic heterocycles. The van der Waals surface area contributed by atoms with Gasteiger partial charge in [-0.1, -0.05) is 45.2 Å². The van der Waals surface area contributed by atoms with E-state index < -0.39 is 25.7 Å². The summed E-state index contributed by atoms with van der Waals surface area (Å²) in [4.78, 5) is 30.9. The van der Waals surface area contributed by atoms with Crippen molar-refractivity contribution in [2.45, 2.75) is 82.8 Å². The minimum Gasteiger partial charge on any atom is -0.409 e. The summed E-state index contributed by atoms with van der Waals surface area (Å²) in [6, 6.07) is 0. The molecule has 0 unspecified atom stereocenters. The third-order valence-corrected chi connectivity index (χ3v) is 11.9. The summed E-state index contributed by atoms with van der Waals surface area (Å²) >= 11 is 6.63. The number of halogens is 4. The molecule has 4 rings (SSSR count). The Hall–Kier alpha value is -2.11. The zero-order chi connectivity index (χ0) is 25.1. The molecule has 1 aliphatic heterocycles. The molecule has 12 heteroatoms. The van der Waals surface area contributed by atoms with Crippen molar-refractivity contribution in [2.24, 2.45) is 0 Å². The minimum atomic E-state index is -4.68. The van der Waals surface area contributed by atoms with Crippen molar-refractivity contribution in [1.29, 1.82) is 0 Å². The van der Waals surface area contributed by atoms with Gasteiger partial charge in [-0.25, -0.2) is 19.9 Å². The summed E-state index contributed by atoms with van der Waals surface area (Å²) in [6.07, 6.45) is 0.0993. The Morgan fingerprint density at radius 1 is 1.12 bits per heavy atom. The van der Waals surface area contributed by atoms with E-state index in [1.54, 1.807) is 0 Å². The van der Waals surface area contributed by atoms with Gasteiger partial charge in [-0.15, -0.1) is 0 Å². The van der Waals surface area contributed by atoms with Gasteiger partial charge in [0.25, 0.3) is 0 Å². The van der Waals surface area contributed by atoms with Crippen molar-refractivity contribution in [2.75, 3.05) is 4.90 Å². The van der Waals surface area contributed by atoms with Crippen molar-refractivity contribution in [3.8, 4) is 0 Å². The van der Waals surface area contributed by atoms with E-state index in [0.29, 0.717) is 24.2 Å². The van der Waals surface area contributed by atoms with Crippen LogP contribution in [-0.4, -0.2) is 34.2 Å². The van der Waals surface area contributed by atoms with Gasteiger partial charge in [0.1, 0.15) is 11.0 Å². The number of anilines is 2. The van der Waals surface area contributed by atoms with Gasteiger partial charge >= 0.3 is 6.18 Å². The lowest BCUT2D eigenvalue weighted by molar-refractivity contribution is -0.144. The average molecular weight is 514 g/mol. The number of fused-ring (bicyclic) bond motifs is 2. The third-order valence-electron chi connectivity index (χ3n) is 7.17. The van der Waals surface area contributed by atoms with E-state index >= 15 is 0 Å². The Labute approximate surface area is 202 Å². The molecule has 1 amide bonds. The largest absolute Gasteiger partial charge is 0.451 e. The number of alkyl halides is 3. The fourth-order valence-corrected chi connectivity index (χ4v) is 5.53. The van der Waals surface area contributed by atoms with Crippen LogP contribution in [0.1, 0.15) is 63.7 Å². The number of hydrogen-bond acceptors (Lipinski definition) is 6. The van der Waals surface area contributed by atoms with Gasteiger partial charge in [-0.05, 0) is 31.0 Å². The monoisotopic (exact) mass is 513 g/mol. The normalized spacial score (nSPS) is 18.1. The highest BCUT2D eigenvalue weighted by atomic mass is 35.5. The van der Waals surface area contributed by atoms with Gasteiger partial charge in [0.15, 0.2) is 14.1 Å². The molecule has 34 heavy (non-hydrogen) atoms. The quantitative estimate of drug-likeness (QED) is 0.371. The molecular weight excluding hydrogens is 487 g/mol. The molecule has 2 aromatic rings. The van der Waals surface area contributed by atoms with E-state index in [1.807, 2.05) is 0 Å². The second-order valence-corrected chi connectivity index (χ2v) is 15.5.